The molecule has 0 aliphatic rings. The Morgan fingerprint density at radius 1 is 1.20 bits per heavy atom. The molecule has 2 aromatic rings. The van der Waals surface area contributed by atoms with E-state index in [2.05, 4.69) is 22.2 Å². The van der Waals surface area contributed by atoms with Gasteiger partial charge >= 0.3 is 0 Å². The Balaban J connectivity index is 2.08. The molecular formula is C15H22N4O. The van der Waals surface area contributed by atoms with Crippen molar-refractivity contribution in [3.05, 3.63) is 30.2 Å². The highest BCUT2D eigenvalue weighted by Crippen LogP contribution is 2.21. The molecule has 2 aromatic heterocycles. The highest BCUT2D eigenvalue weighted by Gasteiger charge is 2.13. The smallest absolute Gasteiger partial charge is 0.116 e. The van der Waals surface area contributed by atoms with Crippen LogP contribution in [0.5, 0.6) is 0 Å². The van der Waals surface area contributed by atoms with Gasteiger partial charge in [0.2, 0.25) is 0 Å². The maximum Gasteiger partial charge on any atom is 0.116 e. The zero-order valence-electron chi connectivity index (χ0n) is 12.0. The molecule has 20 heavy (non-hydrogen) atoms. The lowest BCUT2D eigenvalue weighted by Crippen LogP contribution is -2.03. The lowest BCUT2D eigenvalue weighted by atomic mass is 10.1. The lowest BCUT2D eigenvalue weighted by Gasteiger charge is -2.07. The minimum absolute atomic E-state index is 0.0972. The molecule has 5 nitrogen and oxygen atoms in total. The standard InChI is InChI=1S/C15H22N4O/c1-2-3-4-5-6-10-19-15(14(12-20)17-18-19)13-8-7-9-16-11-13/h7-9,11,20H,2-6,10,12H2,1H3. The summed E-state index contributed by atoms with van der Waals surface area (Å²) in [4.78, 5) is 4.13. The van der Waals surface area contributed by atoms with Gasteiger partial charge < -0.3 is 5.11 Å². The largest absolute Gasteiger partial charge is 0.390 e. The van der Waals surface area contributed by atoms with E-state index in [1.807, 2.05) is 16.8 Å². The van der Waals surface area contributed by atoms with E-state index in [1.165, 1.54) is 25.7 Å². The highest BCUT2D eigenvalue weighted by atomic mass is 16.3. The predicted molar refractivity (Wildman–Crippen MR) is 77.9 cm³/mol. The van der Waals surface area contributed by atoms with Crippen LogP contribution in [0.3, 0.4) is 0 Å². The first-order valence-corrected chi connectivity index (χ1v) is 7.30. The number of pyridine rings is 1. The summed E-state index contributed by atoms with van der Waals surface area (Å²) in [6.45, 7) is 2.95. The molecule has 1 N–H and O–H groups in total. The number of hydrogen-bond donors (Lipinski definition) is 1. The number of nitrogens with zero attached hydrogens (tertiary/aromatic N) is 4. The van der Waals surface area contributed by atoms with Gasteiger partial charge in [0.05, 0.1) is 12.3 Å². The fourth-order valence-corrected chi connectivity index (χ4v) is 2.30. The van der Waals surface area contributed by atoms with E-state index in [4.69, 9.17) is 0 Å². The fraction of sp³-hybridized carbons (Fsp3) is 0.533. The molecule has 0 unspecified atom stereocenters. The van der Waals surface area contributed by atoms with E-state index >= 15 is 0 Å². The van der Waals surface area contributed by atoms with Gasteiger partial charge in [-0.2, -0.15) is 0 Å². The lowest BCUT2D eigenvalue weighted by molar-refractivity contribution is 0.277. The molecule has 0 saturated heterocycles. The average molecular weight is 274 g/mol. The second kappa shape index (κ2) is 7.75. The van der Waals surface area contributed by atoms with Crippen LogP contribution in [0.15, 0.2) is 24.5 Å². The van der Waals surface area contributed by atoms with Crippen molar-refractivity contribution in [3.8, 4) is 11.3 Å². The molecule has 0 saturated carbocycles. The number of unbranched alkanes of at least 4 members (excludes halogenated alkanes) is 4. The monoisotopic (exact) mass is 274 g/mol. The molecular weight excluding hydrogens is 252 g/mol. The van der Waals surface area contributed by atoms with Crippen LogP contribution in [-0.4, -0.2) is 25.1 Å². The average Bonchev–Trinajstić information content (AvgIpc) is 2.91. The third-order valence-corrected chi connectivity index (χ3v) is 3.36. The van der Waals surface area contributed by atoms with Crippen molar-refractivity contribution in [1.29, 1.82) is 0 Å². The molecule has 0 spiro atoms. The van der Waals surface area contributed by atoms with Crippen molar-refractivity contribution in [2.45, 2.75) is 52.2 Å². The molecule has 0 radical (unpaired) electrons. The molecule has 0 amide bonds. The van der Waals surface area contributed by atoms with Gasteiger partial charge in [-0.3, -0.25) is 4.98 Å². The number of aliphatic hydroxyl groups is 1. The summed E-state index contributed by atoms with van der Waals surface area (Å²) >= 11 is 0. The van der Waals surface area contributed by atoms with Gasteiger partial charge in [-0.25, -0.2) is 4.68 Å². The number of aliphatic hydroxyl groups excluding tert-OH is 1. The summed E-state index contributed by atoms with van der Waals surface area (Å²) < 4.78 is 1.88. The van der Waals surface area contributed by atoms with E-state index < -0.39 is 0 Å². The van der Waals surface area contributed by atoms with E-state index in [0.29, 0.717) is 5.69 Å². The minimum atomic E-state index is -0.0972. The molecule has 0 fully saturated rings. The summed E-state index contributed by atoms with van der Waals surface area (Å²) in [5, 5.41) is 17.6. The van der Waals surface area contributed by atoms with Gasteiger partial charge in [-0.05, 0) is 18.6 Å². The van der Waals surface area contributed by atoms with E-state index in [0.717, 1.165) is 24.2 Å². The van der Waals surface area contributed by atoms with E-state index in [1.54, 1.807) is 12.4 Å². The second-order valence-electron chi connectivity index (χ2n) is 4.92. The molecule has 0 atom stereocenters. The maximum atomic E-state index is 9.40. The molecule has 5 heteroatoms. The summed E-state index contributed by atoms with van der Waals surface area (Å²) in [5.74, 6) is 0. The maximum absolute atomic E-state index is 9.40. The molecule has 108 valence electrons. The Kier molecular flexibility index (Phi) is 5.68. The minimum Gasteiger partial charge on any atom is -0.390 e. The van der Waals surface area contributed by atoms with E-state index in [-0.39, 0.29) is 6.61 Å². The Labute approximate surface area is 119 Å². The normalized spacial score (nSPS) is 10.9. The Hall–Kier alpha value is -1.75. The Morgan fingerprint density at radius 2 is 2.05 bits per heavy atom. The number of rotatable bonds is 8. The number of aromatic nitrogens is 4. The first-order chi connectivity index (χ1) is 9.86. The third-order valence-electron chi connectivity index (χ3n) is 3.36. The van der Waals surface area contributed by atoms with Crippen molar-refractivity contribution < 1.29 is 5.11 Å². The second-order valence-corrected chi connectivity index (χ2v) is 4.92. The number of hydrogen-bond acceptors (Lipinski definition) is 4. The Morgan fingerprint density at radius 3 is 2.75 bits per heavy atom. The highest BCUT2D eigenvalue weighted by molar-refractivity contribution is 5.60. The first kappa shape index (κ1) is 14.7. The first-order valence-electron chi connectivity index (χ1n) is 7.30. The van der Waals surface area contributed by atoms with Crippen LogP contribution in [0.4, 0.5) is 0 Å². The number of aryl methyl sites for hydroxylation is 1. The summed E-state index contributed by atoms with van der Waals surface area (Å²) in [5.41, 5.74) is 2.46. The Bertz CT molecular complexity index is 510. The van der Waals surface area contributed by atoms with Gasteiger partial charge in [-0.15, -0.1) is 5.10 Å². The van der Waals surface area contributed by atoms with Crippen molar-refractivity contribution >= 4 is 0 Å². The van der Waals surface area contributed by atoms with Crippen LogP contribution < -0.4 is 0 Å². The van der Waals surface area contributed by atoms with Gasteiger partial charge in [0, 0.05) is 24.5 Å². The third kappa shape index (κ3) is 3.63. The summed E-state index contributed by atoms with van der Waals surface area (Å²) in [7, 11) is 0. The van der Waals surface area contributed by atoms with Gasteiger partial charge in [0.15, 0.2) is 0 Å². The predicted octanol–water partition coefficient (Wildman–Crippen LogP) is 2.80. The zero-order chi connectivity index (χ0) is 14.2. The summed E-state index contributed by atoms with van der Waals surface area (Å²) in [6, 6.07) is 3.85. The van der Waals surface area contributed by atoms with Gasteiger partial charge in [0.25, 0.3) is 0 Å². The van der Waals surface area contributed by atoms with Crippen molar-refractivity contribution in [1.82, 2.24) is 20.0 Å². The van der Waals surface area contributed by atoms with Crippen LogP contribution in [0, 0.1) is 0 Å². The van der Waals surface area contributed by atoms with Crippen LogP contribution >= 0.6 is 0 Å². The van der Waals surface area contributed by atoms with Gasteiger partial charge in [-0.1, -0.05) is 37.8 Å². The summed E-state index contributed by atoms with van der Waals surface area (Å²) in [6.07, 6.45) is 9.61. The van der Waals surface area contributed by atoms with Crippen LogP contribution in [0.1, 0.15) is 44.7 Å². The van der Waals surface area contributed by atoms with Crippen LogP contribution in [-0.2, 0) is 13.2 Å². The molecule has 0 bridgehead atoms. The SMILES string of the molecule is CCCCCCCn1nnc(CO)c1-c1cccnc1. The van der Waals surface area contributed by atoms with Crippen LogP contribution in [0.2, 0.25) is 0 Å². The topological polar surface area (TPSA) is 63.8 Å². The molecule has 0 aliphatic heterocycles. The van der Waals surface area contributed by atoms with Crippen molar-refractivity contribution in [3.63, 3.8) is 0 Å². The van der Waals surface area contributed by atoms with E-state index in [9.17, 15) is 5.11 Å². The fourth-order valence-electron chi connectivity index (χ4n) is 2.30. The van der Waals surface area contributed by atoms with Crippen LogP contribution in [0.25, 0.3) is 11.3 Å². The quantitative estimate of drug-likeness (QED) is 0.752. The molecule has 2 heterocycles. The molecule has 0 aromatic carbocycles. The van der Waals surface area contributed by atoms with Crippen molar-refractivity contribution in [2.24, 2.45) is 0 Å². The van der Waals surface area contributed by atoms with Gasteiger partial charge in [0.1, 0.15) is 5.69 Å². The molecule has 2 rings (SSSR count). The zero-order valence-corrected chi connectivity index (χ0v) is 12.0. The molecule has 0 aliphatic carbocycles. The van der Waals surface area contributed by atoms with Crippen molar-refractivity contribution in [2.75, 3.05) is 0 Å².